The van der Waals surface area contributed by atoms with Gasteiger partial charge in [-0.15, -0.1) is 0 Å². The molecule has 1 saturated heterocycles. The molecule has 1 fully saturated rings. The van der Waals surface area contributed by atoms with Crippen LogP contribution >= 0.6 is 23.2 Å². The molecular formula is C22H12Cl2F2N2O3. The van der Waals surface area contributed by atoms with E-state index in [0.29, 0.717) is 11.6 Å². The second-order valence-electron chi connectivity index (χ2n) is 6.67. The molecule has 1 N–H and O–H groups in total. The minimum Gasteiger partial charge on any atom is -0.507 e. The number of aliphatic hydroxyl groups excluding tert-OH is 1. The van der Waals surface area contributed by atoms with Crippen LogP contribution in [0, 0.1) is 11.6 Å². The van der Waals surface area contributed by atoms with Gasteiger partial charge in [-0.25, -0.2) is 8.78 Å². The lowest BCUT2D eigenvalue weighted by Crippen LogP contribution is -2.30. The van der Waals surface area contributed by atoms with Gasteiger partial charge in [0.05, 0.1) is 27.3 Å². The zero-order valence-electron chi connectivity index (χ0n) is 15.5. The first-order chi connectivity index (χ1) is 14.8. The third kappa shape index (κ3) is 3.66. The van der Waals surface area contributed by atoms with Gasteiger partial charge in [0, 0.05) is 24.0 Å². The summed E-state index contributed by atoms with van der Waals surface area (Å²) in [5.74, 6) is -4.49. The summed E-state index contributed by atoms with van der Waals surface area (Å²) in [7, 11) is 0. The zero-order valence-corrected chi connectivity index (χ0v) is 17.0. The fraction of sp³-hybridized carbons (Fsp3) is 0.0455. The Labute approximate surface area is 185 Å². The number of ketones is 1. The molecule has 0 aliphatic carbocycles. The Morgan fingerprint density at radius 1 is 0.968 bits per heavy atom. The molecule has 0 saturated carbocycles. The van der Waals surface area contributed by atoms with Crippen molar-refractivity contribution in [1.29, 1.82) is 0 Å². The van der Waals surface area contributed by atoms with Crippen LogP contribution in [-0.2, 0) is 9.59 Å². The van der Waals surface area contributed by atoms with Crippen LogP contribution in [0.15, 0.2) is 66.5 Å². The van der Waals surface area contributed by atoms with E-state index in [-0.39, 0.29) is 26.9 Å². The van der Waals surface area contributed by atoms with Crippen LogP contribution < -0.4 is 4.90 Å². The lowest BCUT2D eigenvalue weighted by molar-refractivity contribution is -0.132. The Kier molecular flexibility index (Phi) is 5.47. The van der Waals surface area contributed by atoms with Crippen molar-refractivity contribution >= 4 is 46.3 Å². The smallest absolute Gasteiger partial charge is 0.300 e. The predicted molar refractivity (Wildman–Crippen MR) is 112 cm³/mol. The molecule has 4 rings (SSSR count). The monoisotopic (exact) mass is 460 g/mol. The standard InChI is InChI=1S/C22H12Cl2F2N2O3/c23-14-3-1-12(9-15(14)24)20(29)18-19(11-5-7-27-8-6-11)28(22(31)21(18)30)17-4-2-13(25)10-16(17)26/h1-10,19,29H/b20-18+. The molecule has 3 aromatic rings. The van der Waals surface area contributed by atoms with Crippen molar-refractivity contribution < 1.29 is 23.5 Å². The number of benzene rings is 2. The van der Waals surface area contributed by atoms with Gasteiger partial charge in [0.1, 0.15) is 17.4 Å². The highest BCUT2D eigenvalue weighted by Gasteiger charge is 2.47. The largest absolute Gasteiger partial charge is 0.507 e. The molecule has 1 atom stereocenters. The van der Waals surface area contributed by atoms with Gasteiger partial charge in [0.15, 0.2) is 0 Å². The molecule has 2 heterocycles. The fourth-order valence-electron chi connectivity index (χ4n) is 3.42. The summed E-state index contributed by atoms with van der Waals surface area (Å²) in [6.45, 7) is 0. The molecule has 2 aromatic carbocycles. The SMILES string of the molecule is O=C1C(=O)N(c2ccc(F)cc2F)C(c2ccncc2)/C1=C(\O)c1ccc(Cl)c(Cl)c1. The second-order valence-corrected chi connectivity index (χ2v) is 7.49. The van der Waals surface area contributed by atoms with Crippen molar-refractivity contribution in [3.05, 3.63) is 99.3 Å². The maximum atomic E-state index is 14.6. The number of rotatable bonds is 3. The topological polar surface area (TPSA) is 70.5 Å². The summed E-state index contributed by atoms with van der Waals surface area (Å²) < 4.78 is 28.0. The highest BCUT2D eigenvalue weighted by molar-refractivity contribution is 6.51. The third-order valence-corrected chi connectivity index (χ3v) is 5.57. The van der Waals surface area contributed by atoms with E-state index in [1.807, 2.05) is 0 Å². The number of amides is 1. The van der Waals surface area contributed by atoms with E-state index in [0.717, 1.165) is 17.0 Å². The summed E-state index contributed by atoms with van der Waals surface area (Å²) in [4.78, 5) is 30.6. The fourth-order valence-corrected chi connectivity index (χ4v) is 3.72. The Hall–Kier alpha value is -3.29. The number of carbonyl (C=O) groups excluding carboxylic acids is 2. The van der Waals surface area contributed by atoms with Gasteiger partial charge < -0.3 is 5.11 Å². The average molecular weight is 461 g/mol. The molecule has 0 radical (unpaired) electrons. The van der Waals surface area contributed by atoms with Crippen molar-refractivity contribution in [2.75, 3.05) is 4.90 Å². The van der Waals surface area contributed by atoms with Gasteiger partial charge in [-0.1, -0.05) is 23.2 Å². The number of nitrogens with zero attached hydrogens (tertiary/aromatic N) is 2. The van der Waals surface area contributed by atoms with Crippen LogP contribution in [0.1, 0.15) is 17.2 Å². The number of aromatic nitrogens is 1. The van der Waals surface area contributed by atoms with Gasteiger partial charge in [-0.05, 0) is 48.0 Å². The lowest BCUT2D eigenvalue weighted by atomic mass is 9.96. The van der Waals surface area contributed by atoms with Gasteiger partial charge >= 0.3 is 0 Å². The summed E-state index contributed by atoms with van der Waals surface area (Å²) >= 11 is 11.9. The normalized spacial score (nSPS) is 17.9. The molecule has 5 nitrogen and oxygen atoms in total. The van der Waals surface area contributed by atoms with E-state index < -0.39 is 35.1 Å². The first-order valence-electron chi connectivity index (χ1n) is 8.91. The molecule has 1 amide bonds. The average Bonchev–Trinajstić information content (AvgIpc) is 3.01. The Morgan fingerprint density at radius 3 is 2.32 bits per heavy atom. The molecule has 9 heteroatoms. The molecular weight excluding hydrogens is 449 g/mol. The lowest BCUT2D eigenvalue weighted by Gasteiger charge is -2.25. The van der Waals surface area contributed by atoms with Crippen molar-refractivity contribution in [3.8, 4) is 0 Å². The van der Waals surface area contributed by atoms with Crippen molar-refractivity contribution in [2.24, 2.45) is 0 Å². The Bertz CT molecular complexity index is 1250. The van der Waals surface area contributed by atoms with Gasteiger partial charge in [0.2, 0.25) is 0 Å². The Morgan fingerprint density at radius 2 is 1.68 bits per heavy atom. The molecule has 156 valence electrons. The molecule has 1 aromatic heterocycles. The van der Waals surface area contributed by atoms with Crippen LogP contribution in [0.4, 0.5) is 14.5 Å². The molecule has 0 spiro atoms. The van der Waals surface area contributed by atoms with E-state index in [1.165, 1.54) is 42.7 Å². The summed E-state index contributed by atoms with van der Waals surface area (Å²) in [6, 6.07) is 8.70. The number of Topliss-reactive ketones (excluding diaryl/α,β-unsaturated/α-hetero) is 1. The van der Waals surface area contributed by atoms with E-state index in [1.54, 1.807) is 0 Å². The van der Waals surface area contributed by atoms with Gasteiger partial charge in [-0.3, -0.25) is 19.5 Å². The molecule has 31 heavy (non-hydrogen) atoms. The number of carbonyl (C=O) groups is 2. The maximum Gasteiger partial charge on any atom is 0.300 e. The van der Waals surface area contributed by atoms with Crippen LogP contribution in [0.3, 0.4) is 0 Å². The third-order valence-electron chi connectivity index (χ3n) is 4.83. The molecule has 0 bridgehead atoms. The quantitative estimate of drug-likeness (QED) is 0.327. The first kappa shape index (κ1) is 21.0. The van der Waals surface area contributed by atoms with E-state index in [2.05, 4.69) is 4.98 Å². The van der Waals surface area contributed by atoms with E-state index in [9.17, 15) is 23.5 Å². The molecule has 1 unspecified atom stereocenters. The summed E-state index contributed by atoms with van der Waals surface area (Å²) in [5, 5.41) is 11.3. The van der Waals surface area contributed by atoms with E-state index in [4.69, 9.17) is 23.2 Å². The van der Waals surface area contributed by atoms with Crippen molar-refractivity contribution in [1.82, 2.24) is 4.98 Å². The van der Waals surface area contributed by atoms with Gasteiger partial charge in [-0.2, -0.15) is 0 Å². The Balaban J connectivity index is 1.97. The van der Waals surface area contributed by atoms with Crippen molar-refractivity contribution in [2.45, 2.75) is 6.04 Å². The highest BCUT2D eigenvalue weighted by atomic mass is 35.5. The number of anilines is 1. The minimum atomic E-state index is -1.18. The molecule has 1 aliphatic heterocycles. The number of hydrogen-bond donors (Lipinski definition) is 1. The predicted octanol–water partition coefficient (Wildman–Crippen LogP) is 5.29. The molecule has 1 aliphatic rings. The van der Waals surface area contributed by atoms with Crippen LogP contribution in [0.5, 0.6) is 0 Å². The van der Waals surface area contributed by atoms with Gasteiger partial charge in [0.25, 0.3) is 11.7 Å². The minimum absolute atomic E-state index is 0.130. The first-order valence-corrected chi connectivity index (χ1v) is 9.66. The number of aliphatic hydroxyl groups is 1. The zero-order chi connectivity index (χ0) is 22.3. The summed E-state index contributed by atoms with van der Waals surface area (Å²) in [6.07, 6.45) is 2.85. The van der Waals surface area contributed by atoms with Crippen LogP contribution in [-0.4, -0.2) is 21.8 Å². The van der Waals surface area contributed by atoms with Crippen LogP contribution in [0.25, 0.3) is 5.76 Å². The second kappa shape index (κ2) is 8.09. The van der Waals surface area contributed by atoms with Crippen molar-refractivity contribution in [3.63, 3.8) is 0 Å². The highest BCUT2D eigenvalue weighted by Crippen LogP contribution is 2.43. The maximum absolute atomic E-state index is 14.6. The van der Waals surface area contributed by atoms with Crippen LogP contribution in [0.2, 0.25) is 10.0 Å². The number of hydrogen-bond acceptors (Lipinski definition) is 4. The van der Waals surface area contributed by atoms with E-state index >= 15 is 0 Å². The number of pyridine rings is 1. The summed E-state index contributed by atoms with van der Waals surface area (Å²) in [5.41, 5.74) is -0.0533. The number of halogens is 4.